The van der Waals surface area contributed by atoms with Gasteiger partial charge >= 0.3 is 0 Å². The third kappa shape index (κ3) is 7.15. The standard InChI is InChI=1S/C28H30Cl2N2O4/c1-31-28(34)24(15-19-7-5-4-6-8-19)32(18-21-11-12-22(29)17-23(21)30)27(33)14-10-20-9-13-25(35-2)26(16-20)36-3/h4-9,11-13,16-17,24H,10,14-15,18H2,1-3H3,(H,31,34). The van der Waals surface area contributed by atoms with Crippen LogP contribution in [0.2, 0.25) is 10.0 Å². The van der Waals surface area contributed by atoms with Crippen LogP contribution in [-0.2, 0) is 29.0 Å². The highest BCUT2D eigenvalue weighted by molar-refractivity contribution is 6.35. The van der Waals surface area contributed by atoms with Crippen molar-refractivity contribution in [2.45, 2.75) is 31.8 Å². The molecule has 0 saturated carbocycles. The quantitative estimate of drug-likeness (QED) is 0.365. The molecule has 0 spiro atoms. The Bertz CT molecular complexity index is 1190. The Kier molecular flexibility index (Phi) is 10.0. The number of rotatable bonds is 11. The lowest BCUT2D eigenvalue weighted by molar-refractivity contribution is -0.141. The van der Waals surface area contributed by atoms with Crippen LogP contribution in [0.25, 0.3) is 0 Å². The monoisotopic (exact) mass is 528 g/mol. The van der Waals surface area contributed by atoms with E-state index in [9.17, 15) is 9.59 Å². The Hall–Kier alpha value is -3.22. The summed E-state index contributed by atoms with van der Waals surface area (Å²) in [5.74, 6) is 0.803. The van der Waals surface area contributed by atoms with Crippen LogP contribution in [-0.4, -0.2) is 44.0 Å². The van der Waals surface area contributed by atoms with Crippen LogP contribution in [0.1, 0.15) is 23.1 Å². The normalized spacial score (nSPS) is 11.5. The maximum absolute atomic E-state index is 13.6. The number of likely N-dealkylation sites (N-methyl/N-ethyl adjacent to an activating group) is 1. The van der Waals surface area contributed by atoms with Gasteiger partial charge in [-0.05, 0) is 47.4 Å². The van der Waals surface area contributed by atoms with Gasteiger partial charge in [-0.15, -0.1) is 0 Å². The lowest BCUT2D eigenvalue weighted by Gasteiger charge is -2.31. The van der Waals surface area contributed by atoms with Gasteiger partial charge in [-0.2, -0.15) is 0 Å². The average Bonchev–Trinajstić information content (AvgIpc) is 2.90. The lowest BCUT2D eigenvalue weighted by atomic mass is 10.0. The first-order valence-electron chi connectivity index (χ1n) is 11.6. The molecule has 3 rings (SSSR count). The molecular formula is C28H30Cl2N2O4. The molecule has 190 valence electrons. The first kappa shape index (κ1) is 27.4. The van der Waals surface area contributed by atoms with Gasteiger partial charge in [-0.25, -0.2) is 0 Å². The van der Waals surface area contributed by atoms with E-state index < -0.39 is 6.04 Å². The van der Waals surface area contributed by atoms with Crippen LogP contribution in [0.5, 0.6) is 11.5 Å². The zero-order chi connectivity index (χ0) is 26.1. The Morgan fingerprint density at radius 3 is 2.28 bits per heavy atom. The van der Waals surface area contributed by atoms with Crippen LogP contribution in [0.3, 0.4) is 0 Å². The fourth-order valence-electron chi connectivity index (χ4n) is 3.99. The van der Waals surface area contributed by atoms with Gasteiger partial charge in [0.15, 0.2) is 11.5 Å². The fraction of sp³-hybridized carbons (Fsp3) is 0.286. The summed E-state index contributed by atoms with van der Waals surface area (Å²) < 4.78 is 10.7. The molecule has 0 saturated heterocycles. The number of carbonyl (C=O) groups excluding carboxylic acids is 2. The number of ether oxygens (including phenoxy) is 2. The van der Waals surface area contributed by atoms with E-state index in [0.29, 0.717) is 39.9 Å². The highest BCUT2D eigenvalue weighted by Crippen LogP contribution is 2.29. The second kappa shape index (κ2) is 13.2. The number of nitrogens with one attached hydrogen (secondary N) is 1. The SMILES string of the molecule is CNC(=O)C(Cc1ccccc1)N(Cc1ccc(Cl)cc1Cl)C(=O)CCc1ccc(OC)c(OC)c1. The van der Waals surface area contributed by atoms with Gasteiger partial charge < -0.3 is 19.7 Å². The Labute approximate surface area is 222 Å². The topological polar surface area (TPSA) is 67.9 Å². The number of carbonyl (C=O) groups is 2. The van der Waals surface area contributed by atoms with E-state index in [-0.39, 0.29) is 24.8 Å². The molecule has 1 N–H and O–H groups in total. The summed E-state index contributed by atoms with van der Waals surface area (Å²) in [6, 6.07) is 19.6. The van der Waals surface area contributed by atoms with E-state index in [1.54, 1.807) is 44.4 Å². The molecule has 0 aliphatic heterocycles. The molecule has 8 heteroatoms. The molecule has 3 aromatic carbocycles. The second-order valence-electron chi connectivity index (χ2n) is 8.27. The molecule has 0 fully saturated rings. The molecule has 1 atom stereocenters. The Morgan fingerprint density at radius 2 is 1.64 bits per heavy atom. The van der Waals surface area contributed by atoms with Crippen LogP contribution in [0.15, 0.2) is 66.7 Å². The summed E-state index contributed by atoms with van der Waals surface area (Å²) in [6.07, 6.45) is 1.03. The molecule has 3 aromatic rings. The molecule has 1 unspecified atom stereocenters. The molecule has 0 heterocycles. The zero-order valence-corrected chi connectivity index (χ0v) is 22.1. The van der Waals surface area contributed by atoms with E-state index in [2.05, 4.69) is 5.32 Å². The minimum atomic E-state index is -0.720. The highest BCUT2D eigenvalue weighted by Gasteiger charge is 2.30. The van der Waals surface area contributed by atoms with Gasteiger partial charge in [0.1, 0.15) is 6.04 Å². The predicted molar refractivity (Wildman–Crippen MR) is 143 cm³/mol. The van der Waals surface area contributed by atoms with Crippen molar-refractivity contribution in [3.05, 3.63) is 93.5 Å². The number of benzene rings is 3. The van der Waals surface area contributed by atoms with Gasteiger partial charge in [0.2, 0.25) is 11.8 Å². The van der Waals surface area contributed by atoms with Crippen LogP contribution < -0.4 is 14.8 Å². The van der Waals surface area contributed by atoms with Crippen molar-refractivity contribution in [2.24, 2.45) is 0 Å². The highest BCUT2D eigenvalue weighted by atomic mass is 35.5. The van der Waals surface area contributed by atoms with Crippen molar-refractivity contribution in [2.75, 3.05) is 21.3 Å². The number of hydrogen-bond donors (Lipinski definition) is 1. The molecule has 6 nitrogen and oxygen atoms in total. The second-order valence-corrected chi connectivity index (χ2v) is 9.11. The fourth-order valence-corrected chi connectivity index (χ4v) is 4.45. The number of amides is 2. The van der Waals surface area contributed by atoms with Crippen molar-refractivity contribution < 1.29 is 19.1 Å². The van der Waals surface area contributed by atoms with Gasteiger partial charge in [0.25, 0.3) is 0 Å². The third-order valence-electron chi connectivity index (χ3n) is 5.95. The molecule has 2 amide bonds. The summed E-state index contributed by atoms with van der Waals surface area (Å²) in [4.78, 5) is 28.3. The van der Waals surface area contributed by atoms with Crippen LogP contribution >= 0.6 is 23.2 Å². The van der Waals surface area contributed by atoms with Crippen LogP contribution in [0.4, 0.5) is 0 Å². The number of halogens is 2. The largest absolute Gasteiger partial charge is 0.493 e. The summed E-state index contributed by atoms with van der Waals surface area (Å²) >= 11 is 12.5. The van der Waals surface area contributed by atoms with E-state index >= 15 is 0 Å². The first-order valence-corrected chi connectivity index (χ1v) is 12.3. The summed E-state index contributed by atoms with van der Waals surface area (Å²) in [5, 5.41) is 3.66. The minimum Gasteiger partial charge on any atom is -0.493 e. The molecule has 0 bridgehead atoms. The van der Waals surface area contributed by atoms with Gasteiger partial charge in [0, 0.05) is 36.5 Å². The third-order valence-corrected chi connectivity index (χ3v) is 6.54. The molecule has 0 aliphatic carbocycles. The van der Waals surface area contributed by atoms with Crippen molar-refractivity contribution in [3.8, 4) is 11.5 Å². The summed E-state index contributed by atoms with van der Waals surface area (Å²) in [6.45, 7) is 0.172. The smallest absolute Gasteiger partial charge is 0.242 e. The lowest BCUT2D eigenvalue weighted by Crippen LogP contribution is -2.49. The molecule has 36 heavy (non-hydrogen) atoms. The zero-order valence-electron chi connectivity index (χ0n) is 20.6. The number of aryl methyl sites for hydroxylation is 1. The molecule has 0 aromatic heterocycles. The van der Waals surface area contributed by atoms with Crippen LogP contribution in [0, 0.1) is 0 Å². The van der Waals surface area contributed by atoms with E-state index in [4.69, 9.17) is 32.7 Å². The number of nitrogens with zero attached hydrogens (tertiary/aromatic N) is 1. The molecular weight excluding hydrogens is 499 g/mol. The maximum atomic E-state index is 13.6. The van der Waals surface area contributed by atoms with Gasteiger partial charge in [-0.3, -0.25) is 9.59 Å². The van der Waals surface area contributed by atoms with E-state index in [1.807, 2.05) is 48.5 Å². The average molecular weight is 529 g/mol. The van der Waals surface area contributed by atoms with Gasteiger partial charge in [0.05, 0.1) is 14.2 Å². The molecule has 0 aliphatic rings. The van der Waals surface area contributed by atoms with Crippen molar-refractivity contribution in [3.63, 3.8) is 0 Å². The van der Waals surface area contributed by atoms with Crippen molar-refractivity contribution in [1.29, 1.82) is 0 Å². The van der Waals surface area contributed by atoms with Gasteiger partial charge in [-0.1, -0.05) is 65.7 Å². The number of hydrogen-bond acceptors (Lipinski definition) is 4. The minimum absolute atomic E-state index is 0.166. The predicted octanol–water partition coefficient (Wildman–Crippen LogP) is 5.33. The summed E-state index contributed by atoms with van der Waals surface area (Å²) in [5.41, 5.74) is 2.58. The number of methoxy groups -OCH3 is 2. The van der Waals surface area contributed by atoms with E-state index in [1.165, 1.54) is 0 Å². The van der Waals surface area contributed by atoms with Crippen molar-refractivity contribution in [1.82, 2.24) is 10.2 Å². The Balaban J connectivity index is 1.90. The van der Waals surface area contributed by atoms with E-state index in [0.717, 1.165) is 11.1 Å². The first-order chi connectivity index (χ1) is 17.4. The Morgan fingerprint density at radius 1 is 0.917 bits per heavy atom. The maximum Gasteiger partial charge on any atom is 0.242 e. The molecule has 0 radical (unpaired) electrons. The summed E-state index contributed by atoms with van der Waals surface area (Å²) in [7, 11) is 4.72. The van der Waals surface area contributed by atoms with Crippen molar-refractivity contribution >= 4 is 35.0 Å².